The first-order chi connectivity index (χ1) is 12.6. The lowest BCUT2D eigenvalue weighted by Crippen LogP contribution is -2.52. The molecule has 1 atom stereocenters. The fraction of sp³-hybridized carbons (Fsp3) is 0.444. The number of thioether (sulfide) groups is 1. The van der Waals surface area contributed by atoms with E-state index in [0.717, 1.165) is 0 Å². The molecule has 3 rings (SSSR count). The number of hydrogen-bond acceptors (Lipinski definition) is 5. The topological polar surface area (TPSA) is 87.2 Å². The molecule has 1 aromatic carbocycles. The van der Waals surface area contributed by atoms with Crippen LogP contribution < -0.4 is 10.9 Å². The molecular weight excluding hydrogens is 384 g/mol. The monoisotopic (exact) mass is 406 g/mol. The van der Waals surface area contributed by atoms with Crippen LogP contribution in [0.5, 0.6) is 0 Å². The summed E-state index contributed by atoms with van der Waals surface area (Å²) >= 11 is 6.69. The van der Waals surface area contributed by atoms with Crippen LogP contribution in [0.1, 0.15) is 31.1 Å². The summed E-state index contributed by atoms with van der Waals surface area (Å²) in [6.07, 6.45) is 0. The first-order valence-corrected chi connectivity index (χ1v) is 10.1. The summed E-state index contributed by atoms with van der Waals surface area (Å²) in [7, 11) is 1.60. The van der Waals surface area contributed by atoms with Crippen LogP contribution >= 0.6 is 24.0 Å². The number of benzene rings is 1. The van der Waals surface area contributed by atoms with Crippen molar-refractivity contribution in [2.45, 2.75) is 32.4 Å². The number of aromatic nitrogens is 2. The molecule has 1 aliphatic rings. The zero-order valence-corrected chi connectivity index (χ0v) is 17.3. The van der Waals surface area contributed by atoms with Crippen LogP contribution in [0.15, 0.2) is 23.0 Å². The molecule has 9 heteroatoms. The molecule has 1 unspecified atom stereocenters. The molecule has 1 aliphatic heterocycles. The Balaban J connectivity index is 1.93. The second kappa shape index (κ2) is 7.12. The lowest BCUT2D eigenvalue weighted by molar-refractivity contribution is -0.125. The Bertz CT molecular complexity index is 1040. The van der Waals surface area contributed by atoms with Crippen LogP contribution in [0.2, 0.25) is 0 Å². The maximum Gasteiger partial charge on any atom is 0.261 e. The second-order valence-corrected chi connectivity index (χ2v) is 8.97. The molecular formula is C18H22N4O3S2. The Morgan fingerprint density at radius 3 is 2.70 bits per heavy atom. The van der Waals surface area contributed by atoms with E-state index in [1.807, 2.05) is 20.8 Å². The smallest absolute Gasteiger partial charge is 0.261 e. The molecule has 2 N–H and O–H groups in total. The zero-order valence-electron chi connectivity index (χ0n) is 15.7. The first-order valence-electron chi connectivity index (χ1n) is 8.52. The van der Waals surface area contributed by atoms with E-state index in [1.54, 1.807) is 41.9 Å². The predicted octanol–water partition coefficient (Wildman–Crippen LogP) is 2.03. The lowest BCUT2D eigenvalue weighted by atomic mass is 10.1. The van der Waals surface area contributed by atoms with Gasteiger partial charge in [-0.1, -0.05) is 0 Å². The molecule has 144 valence electrons. The number of nitrogens with zero attached hydrogens (tertiary/aromatic N) is 2. The van der Waals surface area contributed by atoms with Crippen molar-refractivity contribution in [1.82, 2.24) is 19.8 Å². The number of amides is 2. The zero-order chi connectivity index (χ0) is 19.9. The number of carbonyl (C=O) groups excluding carboxylic acids is 2. The quantitative estimate of drug-likeness (QED) is 0.745. The summed E-state index contributed by atoms with van der Waals surface area (Å²) in [5, 5.41) is 3.40. The Hall–Kier alpha value is -2.13. The third-order valence-corrected chi connectivity index (χ3v) is 5.68. The van der Waals surface area contributed by atoms with Gasteiger partial charge in [0, 0.05) is 23.9 Å². The molecule has 0 spiro atoms. The van der Waals surface area contributed by atoms with Gasteiger partial charge in [0.2, 0.25) is 5.91 Å². The van der Waals surface area contributed by atoms with Crippen molar-refractivity contribution in [3.05, 3.63) is 38.9 Å². The highest BCUT2D eigenvalue weighted by Crippen LogP contribution is 2.24. The first kappa shape index (κ1) is 19.6. The summed E-state index contributed by atoms with van der Waals surface area (Å²) < 4.78 is 1.64. The third kappa shape index (κ3) is 3.93. The Kier molecular flexibility index (Phi) is 5.18. The molecule has 7 nitrogen and oxygen atoms in total. The van der Waals surface area contributed by atoms with Crippen LogP contribution in [0.25, 0.3) is 10.9 Å². The van der Waals surface area contributed by atoms with Crippen LogP contribution in [-0.2, 0) is 11.8 Å². The predicted molar refractivity (Wildman–Crippen MR) is 110 cm³/mol. The van der Waals surface area contributed by atoms with Crippen molar-refractivity contribution in [1.29, 1.82) is 0 Å². The summed E-state index contributed by atoms with van der Waals surface area (Å²) in [6.45, 7) is 5.72. The fourth-order valence-electron chi connectivity index (χ4n) is 2.92. The van der Waals surface area contributed by atoms with Crippen LogP contribution in [0.4, 0.5) is 0 Å². The van der Waals surface area contributed by atoms with Gasteiger partial charge in [0.05, 0.1) is 16.8 Å². The van der Waals surface area contributed by atoms with Gasteiger partial charge in [-0.3, -0.25) is 19.0 Å². The number of H-pyrrole nitrogens is 1. The van der Waals surface area contributed by atoms with Gasteiger partial charge < -0.3 is 15.2 Å². The summed E-state index contributed by atoms with van der Waals surface area (Å²) in [4.78, 5) is 42.4. The van der Waals surface area contributed by atoms with E-state index in [9.17, 15) is 14.4 Å². The normalized spacial score (nSPS) is 17.3. The van der Waals surface area contributed by atoms with E-state index in [1.165, 1.54) is 4.57 Å². The number of carbonyl (C=O) groups is 2. The fourth-order valence-corrected chi connectivity index (χ4v) is 4.26. The lowest BCUT2D eigenvalue weighted by Gasteiger charge is -2.27. The van der Waals surface area contributed by atoms with Crippen molar-refractivity contribution < 1.29 is 9.59 Å². The molecule has 2 heterocycles. The van der Waals surface area contributed by atoms with Gasteiger partial charge in [-0.2, -0.15) is 0 Å². The standard InChI is InChI=1S/C18H22N4O3S2/c1-18(2,3)20-14(23)13-8-27-9-22(13)15(24)10-5-6-11-12(7-10)19-17(26)21(4)16(11)25/h5-7,13H,8-9H2,1-4H3,(H,19,26)(H,20,23). The Labute approximate surface area is 166 Å². The maximum absolute atomic E-state index is 13.0. The Morgan fingerprint density at radius 2 is 2.04 bits per heavy atom. The minimum absolute atomic E-state index is 0.157. The van der Waals surface area contributed by atoms with Crippen molar-refractivity contribution >= 4 is 46.7 Å². The van der Waals surface area contributed by atoms with Gasteiger partial charge in [0.25, 0.3) is 11.5 Å². The van der Waals surface area contributed by atoms with Gasteiger partial charge in [-0.15, -0.1) is 11.8 Å². The number of rotatable bonds is 2. The highest BCUT2D eigenvalue weighted by molar-refractivity contribution is 7.99. The van der Waals surface area contributed by atoms with E-state index in [-0.39, 0.29) is 27.7 Å². The van der Waals surface area contributed by atoms with Crippen LogP contribution in [-0.4, -0.2) is 49.5 Å². The highest BCUT2D eigenvalue weighted by Gasteiger charge is 2.36. The molecule has 1 saturated heterocycles. The van der Waals surface area contributed by atoms with E-state index in [2.05, 4.69) is 10.3 Å². The molecule has 0 bridgehead atoms. The Morgan fingerprint density at radius 1 is 1.33 bits per heavy atom. The van der Waals surface area contributed by atoms with Crippen LogP contribution in [0, 0.1) is 4.77 Å². The van der Waals surface area contributed by atoms with E-state index in [0.29, 0.717) is 28.1 Å². The number of nitrogens with one attached hydrogen (secondary N) is 2. The highest BCUT2D eigenvalue weighted by atomic mass is 32.2. The van der Waals surface area contributed by atoms with E-state index in [4.69, 9.17) is 12.2 Å². The van der Waals surface area contributed by atoms with Gasteiger partial charge in [0.1, 0.15) is 6.04 Å². The summed E-state index contributed by atoms with van der Waals surface area (Å²) in [5.74, 6) is 0.612. The number of hydrogen-bond donors (Lipinski definition) is 2. The van der Waals surface area contributed by atoms with Gasteiger partial charge in [-0.25, -0.2) is 0 Å². The van der Waals surface area contributed by atoms with Gasteiger partial charge >= 0.3 is 0 Å². The molecule has 1 fully saturated rings. The second-order valence-electron chi connectivity index (χ2n) is 7.58. The molecule has 2 aromatic rings. The summed E-state index contributed by atoms with van der Waals surface area (Å²) in [6, 6.07) is 4.34. The van der Waals surface area contributed by atoms with E-state index >= 15 is 0 Å². The third-order valence-electron chi connectivity index (χ3n) is 4.29. The van der Waals surface area contributed by atoms with Crippen molar-refractivity contribution in [3.8, 4) is 0 Å². The average molecular weight is 407 g/mol. The average Bonchev–Trinajstić information content (AvgIpc) is 3.07. The molecule has 0 radical (unpaired) electrons. The maximum atomic E-state index is 13.0. The van der Waals surface area contributed by atoms with Crippen molar-refractivity contribution in [2.75, 3.05) is 11.6 Å². The largest absolute Gasteiger partial charge is 0.350 e. The molecule has 0 saturated carbocycles. The van der Waals surface area contributed by atoms with Crippen LogP contribution in [0.3, 0.4) is 0 Å². The minimum atomic E-state index is -0.514. The number of fused-ring (bicyclic) bond motifs is 1. The molecule has 1 aromatic heterocycles. The van der Waals surface area contributed by atoms with Crippen molar-refractivity contribution in [2.24, 2.45) is 7.05 Å². The summed E-state index contributed by atoms with van der Waals surface area (Å²) in [5.41, 5.74) is 0.345. The minimum Gasteiger partial charge on any atom is -0.350 e. The van der Waals surface area contributed by atoms with Gasteiger partial charge in [0.15, 0.2) is 4.77 Å². The molecule has 27 heavy (non-hydrogen) atoms. The van der Waals surface area contributed by atoms with Crippen molar-refractivity contribution in [3.63, 3.8) is 0 Å². The SMILES string of the molecule is Cn1c(=S)[nH]c2cc(C(=O)N3CSCC3C(=O)NC(C)(C)C)ccc2c1=O. The number of aromatic amines is 1. The molecule has 2 amide bonds. The van der Waals surface area contributed by atoms with E-state index < -0.39 is 6.04 Å². The van der Waals surface area contributed by atoms with Gasteiger partial charge in [-0.05, 0) is 51.2 Å². The molecule has 0 aliphatic carbocycles.